The molecule has 0 aromatic heterocycles. The molecule has 1 amide bonds. The Balaban J connectivity index is 1.86. The van der Waals surface area contributed by atoms with E-state index in [1.54, 1.807) is 41.3 Å². The van der Waals surface area contributed by atoms with Gasteiger partial charge in [0.2, 0.25) is 0 Å². The third-order valence-electron chi connectivity index (χ3n) is 4.32. The lowest BCUT2D eigenvalue weighted by molar-refractivity contribution is -0.122. The fourth-order valence-electron chi connectivity index (χ4n) is 3.12. The summed E-state index contributed by atoms with van der Waals surface area (Å²) in [7, 11) is -2.16. The van der Waals surface area contributed by atoms with Crippen LogP contribution >= 0.6 is 0 Å². The van der Waals surface area contributed by atoms with Crippen LogP contribution in [-0.4, -0.2) is 34.6 Å². The summed E-state index contributed by atoms with van der Waals surface area (Å²) in [5, 5.41) is 0. The van der Waals surface area contributed by atoms with Gasteiger partial charge in [-0.25, -0.2) is 8.42 Å². The molecule has 138 valence electrons. The quantitative estimate of drug-likeness (QED) is 0.873. The molecule has 0 spiro atoms. The van der Waals surface area contributed by atoms with Gasteiger partial charge in [-0.1, -0.05) is 12.1 Å². The van der Waals surface area contributed by atoms with Crippen LogP contribution in [-0.2, 0) is 26.0 Å². The van der Waals surface area contributed by atoms with Crippen LogP contribution < -0.4 is 9.62 Å². The first-order chi connectivity index (χ1) is 12.4. The second kappa shape index (κ2) is 7.47. The normalized spacial score (nSPS) is 14.0. The summed E-state index contributed by atoms with van der Waals surface area (Å²) in [4.78, 5) is 14.1. The minimum atomic E-state index is -3.65. The Bertz CT molecular complexity index is 925. The molecule has 0 radical (unpaired) electrons. The number of fused-ring (bicyclic) bond motifs is 1. The van der Waals surface area contributed by atoms with E-state index in [1.807, 2.05) is 13.0 Å². The summed E-state index contributed by atoms with van der Waals surface area (Å²) in [5.41, 5.74) is 3.14. The number of rotatable bonds is 5. The number of carbonyl (C=O) groups is 1. The largest absolute Gasteiger partial charge is 0.375 e. The highest BCUT2D eigenvalue weighted by Crippen LogP contribution is 2.30. The third kappa shape index (κ3) is 3.89. The molecule has 1 heterocycles. The zero-order valence-corrected chi connectivity index (χ0v) is 15.7. The summed E-state index contributed by atoms with van der Waals surface area (Å²) < 4.78 is 32.7. The number of anilines is 2. The Morgan fingerprint density at radius 2 is 2.04 bits per heavy atom. The van der Waals surface area contributed by atoms with Crippen LogP contribution in [0.4, 0.5) is 11.4 Å². The van der Waals surface area contributed by atoms with E-state index in [2.05, 4.69) is 4.72 Å². The molecule has 0 fully saturated rings. The first-order valence-corrected chi connectivity index (χ1v) is 9.91. The fourth-order valence-corrected chi connectivity index (χ4v) is 4.27. The molecule has 0 saturated heterocycles. The molecule has 0 saturated carbocycles. The molecule has 26 heavy (non-hydrogen) atoms. The lowest BCUT2D eigenvalue weighted by Gasteiger charge is -2.29. The summed E-state index contributed by atoms with van der Waals surface area (Å²) in [6, 6.07) is 12.0. The molecule has 2 aromatic carbocycles. The van der Waals surface area contributed by atoms with Crippen molar-refractivity contribution in [1.29, 1.82) is 0 Å². The van der Waals surface area contributed by atoms with Gasteiger partial charge in [-0.3, -0.25) is 9.52 Å². The molecule has 0 bridgehead atoms. The molecule has 3 rings (SSSR count). The van der Waals surface area contributed by atoms with Crippen molar-refractivity contribution in [2.75, 3.05) is 29.9 Å². The van der Waals surface area contributed by atoms with Crippen LogP contribution in [0.3, 0.4) is 0 Å². The second-order valence-electron chi connectivity index (χ2n) is 6.35. The standard InChI is InChI=1S/C19H22N2O4S/c1-14-5-3-7-17(11-14)26(23,24)20-16-8-9-18-15(12-16)6-4-10-21(18)19(22)13-25-2/h3,5,7-9,11-12,20H,4,6,10,13H2,1-2H3. The van der Waals surface area contributed by atoms with E-state index in [4.69, 9.17) is 4.74 Å². The minimum absolute atomic E-state index is 0.0289. The number of sulfonamides is 1. The lowest BCUT2D eigenvalue weighted by atomic mass is 10.0. The molecule has 0 unspecified atom stereocenters. The van der Waals surface area contributed by atoms with Crippen LogP contribution in [0.2, 0.25) is 0 Å². The molecule has 1 aliphatic heterocycles. The fraction of sp³-hybridized carbons (Fsp3) is 0.316. The van der Waals surface area contributed by atoms with Crippen molar-refractivity contribution in [2.24, 2.45) is 0 Å². The molecular weight excluding hydrogens is 352 g/mol. The van der Waals surface area contributed by atoms with Crippen molar-refractivity contribution in [3.63, 3.8) is 0 Å². The smallest absolute Gasteiger partial charge is 0.261 e. The van der Waals surface area contributed by atoms with Crippen molar-refractivity contribution >= 4 is 27.3 Å². The van der Waals surface area contributed by atoms with Gasteiger partial charge in [0.1, 0.15) is 6.61 Å². The van der Waals surface area contributed by atoms with Crippen LogP contribution in [0.1, 0.15) is 17.5 Å². The average Bonchev–Trinajstić information content (AvgIpc) is 2.61. The predicted octanol–water partition coefficient (Wildman–Crippen LogP) is 2.72. The number of methoxy groups -OCH3 is 1. The maximum atomic E-state index is 12.6. The van der Waals surface area contributed by atoms with Gasteiger partial charge in [0.15, 0.2) is 0 Å². The maximum absolute atomic E-state index is 12.6. The number of aryl methyl sites for hydroxylation is 2. The zero-order valence-electron chi connectivity index (χ0n) is 14.9. The van der Waals surface area contributed by atoms with Crippen molar-refractivity contribution in [3.05, 3.63) is 53.6 Å². The van der Waals surface area contributed by atoms with E-state index in [9.17, 15) is 13.2 Å². The minimum Gasteiger partial charge on any atom is -0.375 e. The molecule has 1 aliphatic rings. The summed E-state index contributed by atoms with van der Waals surface area (Å²) in [6.07, 6.45) is 1.63. The lowest BCUT2D eigenvalue weighted by Crippen LogP contribution is -2.37. The number of hydrogen-bond acceptors (Lipinski definition) is 4. The first kappa shape index (κ1) is 18.4. The first-order valence-electron chi connectivity index (χ1n) is 8.42. The summed E-state index contributed by atoms with van der Waals surface area (Å²) in [5.74, 6) is -0.0958. The van der Waals surface area contributed by atoms with Crippen molar-refractivity contribution < 1.29 is 17.9 Å². The van der Waals surface area contributed by atoms with E-state index in [1.165, 1.54) is 7.11 Å². The molecule has 0 aliphatic carbocycles. The van der Waals surface area contributed by atoms with Gasteiger partial charge < -0.3 is 9.64 Å². The second-order valence-corrected chi connectivity index (χ2v) is 8.03. The van der Waals surface area contributed by atoms with E-state index < -0.39 is 10.0 Å². The summed E-state index contributed by atoms with van der Waals surface area (Å²) in [6.45, 7) is 2.52. The van der Waals surface area contributed by atoms with Gasteiger partial charge >= 0.3 is 0 Å². The molecule has 1 N–H and O–H groups in total. The maximum Gasteiger partial charge on any atom is 0.261 e. The van der Waals surface area contributed by atoms with Crippen molar-refractivity contribution in [3.8, 4) is 0 Å². The average molecular weight is 374 g/mol. The highest BCUT2D eigenvalue weighted by Gasteiger charge is 2.23. The number of ether oxygens (including phenoxy) is 1. The summed E-state index contributed by atoms with van der Waals surface area (Å²) >= 11 is 0. The van der Waals surface area contributed by atoms with E-state index >= 15 is 0 Å². The number of benzene rings is 2. The van der Waals surface area contributed by atoms with Crippen LogP contribution in [0, 0.1) is 6.92 Å². The monoisotopic (exact) mass is 374 g/mol. The Labute approximate surface area is 153 Å². The number of hydrogen-bond donors (Lipinski definition) is 1. The van der Waals surface area contributed by atoms with E-state index in [-0.39, 0.29) is 17.4 Å². The van der Waals surface area contributed by atoms with Crippen molar-refractivity contribution in [1.82, 2.24) is 0 Å². The van der Waals surface area contributed by atoms with Gasteiger partial charge in [0.25, 0.3) is 15.9 Å². The number of carbonyl (C=O) groups excluding carboxylic acids is 1. The van der Waals surface area contributed by atoms with Gasteiger partial charge in [0.05, 0.1) is 4.90 Å². The molecule has 6 nitrogen and oxygen atoms in total. The SMILES string of the molecule is COCC(=O)N1CCCc2cc(NS(=O)(=O)c3cccc(C)c3)ccc21. The Hall–Kier alpha value is -2.38. The van der Waals surface area contributed by atoms with Gasteiger partial charge in [-0.05, 0) is 61.2 Å². The zero-order chi connectivity index (χ0) is 18.7. The Morgan fingerprint density at radius 3 is 2.77 bits per heavy atom. The van der Waals surface area contributed by atoms with Crippen LogP contribution in [0.15, 0.2) is 47.4 Å². The number of nitrogens with zero attached hydrogens (tertiary/aromatic N) is 1. The van der Waals surface area contributed by atoms with Gasteiger partial charge in [0, 0.05) is 25.0 Å². The number of amides is 1. The molecule has 2 aromatic rings. The molecule has 7 heteroatoms. The molecular formula is C19H22N2O4S. The van der Waals surface area contributed by atoms with Crippen LogP contribution in [0.5, 0.6) is 0 Å². The van der Waals surface area contributed by atoms with Gasteiger partial charge in [-0.2, -0.15) is 0 Å². The topological polar surface area (TPSA) is 75.7 Å². The molecule has 0 atom stereocenters. The van der Waals surface area contributed by atoms with E-state index in [0.29, 0.717) is 12.2 Å². The highest BCUT2D eigenvalue weighted by atomic mass is 32.2. The Kier molecular flexibility index (Phi) is 5.29. The number of nitrogens with one attached hydrogen (secondary N) is 1. The van der Waals surface area contributed by atoms with E-state index in [0.717, 1.165) is 29.7 Å². The Morgan fingerprint density at radius 1 is 1.23 bits per heavy atom. The van der Waals surface area contributed by atoms with Crippen LogP contribution in [0.25, 0.3) is 0 Å². The third-order valence-corrected chi connectivity index (χ3v) is 5.70. The highest BCUT2D eigenvalue weighted by molar-refractivity contribution is 7.92. The predicted molar refractivity (Wildman–Crippen MR) is 101 cm³/mol. The van der Waals surface area contributed by atoms with Gasteiger partial charge in [-0.15, -0.1) is 0 Å². The van der Waals surface area contributed by atoms with Crippen molar-refractivity contribution in [2.45, 2.75) is 24.7 Å².